The van der Waals surface area contributed by atoms with Crippen molar-refractivity contribution in [2.45, 2.75) is 13.1 Å². The van der Waals surface area contributed by atoms with Crippen molar-refractivity contribution in [3.63, 3.8) is 0 Å². The van der Waals surface area contributed by atoms with E-state index < -0.39 is 23.4 Å². The molecule has 136 valence electrons. The fraction of sp³-hybridized carbons (Fsp3) is 0.222. The van der Waals surface area contributed by atoms with Crippen LogP contribution in [-0.4, -0.2) is 36.6 Å². The first kappa shape index (κ1) is 18.9. The minimum atomic E-state index is -0.593. The molecule has 8 nitrogen and oxygen atoms in total. The van der Waals surface area contributed by atoms with Crippen molar-refractivity contribution in [3.8, 4) is 0 Å². The second-order valence-corrected chi connectivity index (χ2v) is 5.34. The quantitative estimate of drug-likeness (QED) is 0.764. The molecule has 0 aliphatic carbocycles. The summed E-state index contributed by atoms with van der Waals surface area (Å²) in [6.07, 6.45) is 1.28. The fourth-order valence-corrected chi connectivity index (χ4v) is 2.18. The number of amides is 1. The molecule has 0 saturated carbocycles. The Morgan fingerprint density at radius 3 is 2.12 bits per heavy atom. The maximum absolute atomic E-state index is 12.0. The summed E-state index contributed by atoms with van der Waals surface area (Å²) in [7, 11) is 2.53. The van der Waals surface area contributed by atoms with Crippen LogP contribution < -0.4 is 10.9 Å². The Morgan fingerprint density at radius 1 is 0.923 bits per heavy atom. The highest BCUT2D eigenvalue weighted by atomic mass is 16.5. The number of rotatable bonds is 6. The molecule has 1 aromatic heterocycles. The minimum Gasteiger partial charge on any atom is -0.465 e. The molecule has 2 rings (SSSR count). The zero-order chi connectivity index (χ0) is 19.1. The average molecular weight is 358 g/mol. The molecule has 1 aromatic carbocycles. The van der Waals surface area contributed by atoms with Gasteiger partial charge in [0.05, 0.1) is 25.3 Å². The van der Waals surface area contributed by atoms with Gasteiger partial charge in [-0.25, -0.2) is 9.59 Å². The normalized spacial score (nSPS) is 10.1. The van der Waals surface area contributed by atoms with Crippen LogP contribution >= 0.6 is 0 Å². The molecule has 0 spiro atoms. The first-order valence-corrected chi connectivity index (χ1v) is 7.67. The first-order valence-electron chi connectivity index (χ1n) is 7.67. The van der Waals surface area contributed by atoms with Gasteiger partial charge in [-0.15, -0.1) is 0 Å². The van der Waals surface area contributed by atoms with Gasteiger partial charge in [0.2, 0.25) is 5.91 Å². The van der Waals surface area contributed by atoms with Crippen molar-refractivity contribution in [1.82, 2.24) is 9.88 Å². The fourth-order valence-electron chi connectivity index (χ4n) is 2.18. The molecule has 0 unspecified atom stereocenters. The van der Waals surface area contributed by atoms with Gasteiger partial charge in [-0.1, -0.05) is 12.1 Å². The summed E-state index contributed by atoms with van der Waals surface area (Å²) in [5, 5.41) is 2.67. The Balaban J connectivity index is 1.98. The van der Waals surface area contributed by atoms with E-state index in [1.54, 1.807) is 24.3 Å². The lowest BCUT2D eigenvalue weighted by Gasteiger charge is -2.09. The van der Waals surface area contributed by atoms with Crippen LogP contribution in [0.15, 0.2) is 47.4 Å². The second-order valence-electron chi connectivity index (χ2n) is 5.34. The lowest BCUT2D eigenvalue weighted by atomic mass is 10.1. The summed E-state index contributed by atoms with van der Waals surface area (Å²) in [6.45, 7) is -0.00432. The molecule has 1 heterocycles. The highest BCUT2D eigenvalue weighted by Gasteiger charge is 2.10. The molecule has 0 atom stereocenters. The highest BCUT2D eigenvalue weighted by molar-refractivity contribution is 5.89. The van der Waals surface area contributed by atoms with Crippen molar-refractivity contribution < 1.29 is 23.9 Å². The van der Waals surface area contributed by atoms with E-state index in [1.807, 2.05) is 0 Å². The number of hydrogen-bond donors (Lipinski definition) is 1. The van der Waals surface area contributed by atoms with Crippen LogP contribution in [0.2, 0.25) is 0 Å². The van der Waals surface area contributed by atoms with Gasteiger partial charge in [0.25, 0.3) is 5.56 Å². The third-order valence-corrected chi connectivity index (χ3v) is 3.58. The van der Waals surface area contributed by atoms with Crippen LogP contribution in [0.4, 0.5) is 0 Å². The molecule has 0 saturated heterocycles. The molecule has 1 N–H and O–H groups in total. The number of esters is 2. The van der Waals surface area contributed by atoms with Gasteiger partial charge in [0.15, 0.2) is 0 Å². The van der Waals surface area contributed by atoms with E-state index in [0.717, 1.165) is 10.1 Å². The van der Waals surface area contributed by atoms with Crippen LogP contribution in [-0.2, 0) is 27.4 Å². The largest absolute Gasteiger partial charge is 0.465 e. The number of ether oxygens (including phenoxy) is 2. The van der Waals surface area contributed by atoms with E-state index in [0.29, 0.717) is 5.56 Å². The van der Waals surface area contributed by atoms with Crippen molar-refractivity contribution in [2.75, 3.05) is 14.2 Å². The summed E-state index contributed by atoms with van der Waals surface area (Å²) in [5.41, 5.74) is 0.962. The number of aromatic nitrogens is 1. The third-order valence-electron chi connectivity index (χ3n) is 3.58. The Labute approximate surface area is 149 Å². The van der Waals surface area contributed by atoms with E-state index in [1.165, 1.54) is 32.5 Å². The van der Waals surface area contributed by atoms with Gasteiger partial charge in [0, 0.05) is 18.8 Å². The number of nitrogens with zero attached hydrogens (tertiary/aromatic N) is 1. The number of pyridine rings is 1. The molecule has 0 fully saturated rings. The highest BCUT2D eigenvalue weighted by Crippen LogP contribution is 2.05. The predicted octanol–water partition coefficient (Wildman–Crippen LogP) is 0.738. The van der Waals surface area contributed by atoms with Gasteiger partial charge in [-0.3, -0.25) is 9.59 Å². The third kappa shape index (κ3) is 4.79. The minimum absolute atomic E-state index is 0.179. The molecule has 0 aliphatic rings. The van der Waals surface area contributed by atoms with Gasteiger partial charge in [0.1, 0.15) is 6.54 Å². The summed E-state index contributed by atoms with van der Waals surface area (Å²) in [4.78, 5) is 46.7. The monoisotopic (exact) mass is 358 g/mol. The van der Waals surface area contributed by atoms with Crippen molar-refractivity contribution in [3.05, 3.63) is 69.6 Å². The first-order chi connectivity index (χ1) is 12.4. The lowest BCUT2D eigenvalue weighted by Crippen LogP contribution is -2.32. The lowest BCUT2D eigenvalue weighted by molar-refractivity contribution is -0.121. The van der Waals surface area contributed by atoms with E-state index in [-0.39, 0.29) is 18.7 Å². The molecular weight excluding hydrogens is 340 g/mol. The van der Waals surface area contributed by atoms with Crippen LogP contribution in [0, 0.1) is 0 Å². The Kier molecular flexibility index (Phi) is 6.26. The number of benzene rings is 1. The van der Waals surface area contributed by atoms with Gasteiger partial charge < -0.3 is 19.4 Å². The average Bonchev–Trinajstić information content (AvgIpc) is 2.67. The summed E-state index contributed by atoms with van der Waals surface area (Å²) in [5.74, 6) is -1.43. The molecule has 0 bridgehead atoms. The number of hydrogen-bond acceptors (Lipinski definition) is 6. The zero-order valence-corrected chi connectivity index (χ0v) is 14.4. The van der Waals surface area contributed by atoms with Crippen LogP contribution in [0.5, 0.6) is 0 Å². The van der Waals surface area contributed by atoms with E-state index in [4.69, 9.17) is 0 Å². The van der Waals surface area contributed by atoms with Crippen LogP contribution in [0.25, 0.3) is 0 Å². The Bertz CT molecular complexity index is 870. The molecule has 8 heteroatoms. The van der Waals surface area contributed by atoms with Crippen LogP contribution in [0.3, 0.4) is 0 Å². The summed E-state index contributed by atoms with van der Waals surface area (Å²) in [6, 6.07) is 9.11. The van der Waals surface area contributed by atoms with E-state index in [2.05, 4.69) is 14.8 Å². The summed E-state index contributed by atoms with van der Waals surface area (Å²) < 4.78 is 10.3. The van der Waals surface area contributed by atoms with Crippen molar-refractivity contribution in [1.29, 1.82) is 0 Å². The summed E-state index contributed by atoms with van der Waals surface area (Å²) >= 11 is 0. The maximum Gasteiger partial charge on any atom is 0.339 e. The topological polar surface area (TPSA) is 104 Å². The van der Waals surface area contributed by atoms with E-state index >= 15 is 0 Å². The molecule has 0 aliphatic heterocycles. The van der Waals surface area contributed by atoms with Crippen molar-refractivity contribution in [2.24, 2.45) is 0 Å². The molecular formula is C18H18N2O6. The zero-order valence-electron chi connectivity index (χ0n) is 14.4. The van der Waals surface area contributed by atoms with Gasteiger partial charge >= 0.3 is 11.9 Å². The second kappa shape index (κ2) is 8.61. The number of nitrogens with one attached hydrogen (secondary N) is 1. The molecule has 1 amide bonds. The van der Waals surface area contributed by atoms with Gasteiger partial charge in [-0.05, 0) is 23.8 Å². The number of carbonyl (C=O) groups is 3. The smallest absolute Gasteiger partial charge is 0.339 e. The standard InChI is InChI=1S/C18H18N2O6/c1-25-17(23)13-5-3-12(4-6-13)9-19-15(21)11-20-10-14(18(24)26-2)7-8-16(20)22/h3-8,10H,9,11H2,1-2H3,(H,19,21). The van der Waals surface area contributed by atoms with Gasteiger partial charge in [-0.2, -0.15) is 0 Å². The Morgan fingerprint density at radius 2 is 1.50 bits per heavy atom. The molecule has 0 radical (unpaired) electrons. The maximum atomic E-state index is 12.0. The molecule has 26 heavy (non-hydrogen) atoms. The number of methoxy groups -OCH3 is 2. The Hall–Kier alpha value is -3.42. The SMILES string of the molecule is COC(=O)c1ccc(CNC(=O)Cn2cc(C(=O)OC)ccc2=O)cc1. The number of carbonyl (C=O) groups excluding carboxylic acids is 3. The van der Waals surface area contributed by atoms with Crippen molar-refractivity contribution >= 4 is 17.8 Å². The van der Waals surface area contributed by atoms with E-state index in [9.17, 15) is 19.2 Å². The van der Waals surface area contributed by atoms with Crippen LogP contribution in [0.1, 0.15) is 26.3 Å². The molecule has 2 aromatic rings. The predicted molar refractivity (Wildman–Crippen MR) is 91.7 cm³/mol.